The van der Waals surface area contributed by atoms with E-state index in [9.17, 15) is 0 Å². The molecule has 0 N–H and O–H groups in total. The van der Waals surface area contributed by atoms with Crippen molar-refractivity contribution in [2.24, 2.45) is 0 Å². The quantitative estimate of drug-likeness (QED) is 0.172. The lowest BCUT2D eigenvalue weighted by atomic mass is 10.0. The Morgan fingerprint density at radius 2 is 1.09 bits per heavy atom. The van der Waals surface area contributed by atoms with E-state index >= 15 is 0 Å². The van der Waals surface area contributed by atoms with Crippen molar-refractivity contribution in [3.8, 4) is 32.8 Å². The van der Waals surface area contributed by atoms with Crippen molar-refractivity contribution in [2.45, 2.75) is 0 Å². The van der Waals surface area contributed by atoms with Crippen LogP contribution in [0.25, 0.3) is 86.9 Å². The number of para-hydroxylation sites is 3. The van der Waals surface area contributed by atoms with E-state index in [0.29, 0.717) is 0 Å². The zero-order valence-electron chi connectivity index (χ0n) is 28.9. The molecule has 0 aliphatic heterocycles. The Bertz CT molecular complexity index is 3140. The van der Waals surface area contributed by atoms with E-state index in [1.165, 1.54) is 0 Å². The number of aromatic nitrogens is 1. The molecule has 0 fully saturated rings. The molecule has 0 amide bonds. The third-order valence-corrected chi connectivity index (χ3v) is 11.4. The molecule has 0 aliphatic rings. The fourth-order valence-electron chi connectivity index (χ4n) is 7.73. The molecule has 4 nitrogen and oxygen atoms in total. The van der Waals surface area contributed by atoms with Crippen LogP contribution >= 0.6 is 11.3 Å². The maximum atomic E-state index is 6.45. The summed E-state index contributed by atoms with van der Waals surface area (Å²) in [6.07, 6.45) is 0. The Labute approximate surface area is 314 Å². The number of thiazole rings is 1. The zero-order valence-corrected chi connectivity index (χ0v) is 29.8. The molecule has 0 unspecified atom stereocenters. The fourth-order valence-corrected chi connectivity index (χ4v) is 8.71. The first-order chi connectivity index (χ1) is 26.7. The topological polar surface area (TPSA) is 42.4 Å². The van der Waals surface area contributed by atoms with Gasteiger partial charge in [0.2, 0.25) is 0 Å². The van der Waals surface area contributed by atoms with Gasteiger partial charge in [-0.05, 0) is 83.4 Å². The molecule has 3 heterocycles. The van der Waals surface area contributed by atoms with Gasteiger partial charge in [-0.15, -0.1) is 11.3 Å². The highest BCUT2D eigenvalue weighted by Crippen LogP contribution is 2.42. The number of hydrogen-bond acceptors (Lipinski definition) is 5. The van der Waals surface area contributed by atoms with Crippen LogP contribution in [-0.4, -0.2) is 4.98 Å². The lowest BCUT2D eigenvalue weighted by molar-refractivity contribution is 0.669. The van der Waals surface area contributed by atoms with Crippen LogP contribution in [0, 0.1) is 0 Å². The molecular weight excluding hydrogens is 681 g/mol. The largest absolute Gasteiger partial charge is 0.456 e. The van der Waals surface area contributed by atoms with Crippen LogP contribution in [0.3, 0.4) is 0 Å². The lowest BCUT2D eigenvalue weighted by Gasteiger charge is -2.26. The van der Waals surface area contributed by atoms with E-state index in [4.69, 9.17) is 13.8 Å². The summed E-state index contributed by atoms with van der Waals surface area (Å²) in [7, 11) is 0. The normalized spacial score (nSPS) is 11.7. The van der Waals surface area contributed by atoms with Crippen molar-refractivity contribution in [2.75, 3.05) is 4.90 Å². The highest BCUT2D eigenvalue weighted by molar-refractivity contribution is 7.21. The van der Waals surface area contributed by atoms with E-state index in [2.05, 4.69) is 169 Å². The minimum atomic E-state index is 0.855. The number of fused-ring (bicyclic) bond motifs is 8. The van der Waals surface area contributed by atoms with Crippen LogP contribution in [-0.2, 0) is 0 Å². The monoisotopic (exact) mass is 710 g/mol. The predicted octanol–water partition coefficient (Wildman–Crippen LogP) is 14.6. The van der Waals surface area contributed by atoms with Crippen LogP contribution in [0.4, 0.5) is 17.1 Å². The molecule has 54 heavy (non-hydrogen) atoms. The average molecular weight is 711 g/mol. The summed E-state index contributed by atoms with van der Waals surface area (Å²) in [5.41, 5.74) is 13.3. The second-order valence-electron chi connectivity index (χ2n) is 13.5. The molecule has 0 saturated carbocycles. The Morgan fingerprint density at radius 1 is 0.426 bits per heavy atom. The van der Waals surface area contributed by atoms with Gasteiger partial charge in [0.1, 0.15) is 27.3 Å². The first kappa shape index (κ1) is 30.7. The van der Waals surface area contributed by atoms with Crippen molar-refractivity contribution in [3.05, 3.63) is 182 Å². The van der Waals surface area contributed by atoms with E-state index in [0.717, 1.165) is 104 Å². The van der Waals surface area contributed by atoms with Gasteiger partial charge in [-0.25, -0.2) is 4.98 Å². The molecule has 11 aromatic rings. The Kier molecular flexibility index (Phi) is 7.00. The number of hydrogen-bond donors (Lipinski definition) is 0. The van der Waals surface area contributed by atoms with Gasteiger partial charge in [-0.1, -0.05) is 115 Å². The second kappa shape index (κ2) is 12.3. The third-order valence-electron chi connectivity index (χ3n) is 10.3. The summed E-state index contributed by atoms with van der Waals surface area (Å²) in [5.74, 6) is 0. The minimum absolute atomic E-state index is 0.855. The van der Waals surface area contributed by atoms with Crippen LogP contribution in [0.15, 0.2) is 191 Å². The summed E-state index contributed by atoms with van der Waals surface area (Å²) < 4.78 is 14.0. The van der Waals surface area contributed by atoms with Gasteiger partial charge in [0, 0.05) is 44.3 Å². The summed E-state index contributed by atoms with van der Waals surface area (Å²) in [6, 6.07) is 63.7. The van der Waals surface area contributed by atoms with Crippen molar-refractivity contribution in [1.29, 1.82) is 0 Å². The lowest BCUT2D eigenvalue weighted by Crippen LogP contribution is -2.09. The summed E-state index contributed by atoms with van der Waals surface area (Å²) in [5, 5.41) is 5.44. The maximum absolute atomic E-state index is 6.45. The molecule has 0 bridgehead atoms. The van der Waals surface area contributed by atoms with E-state index in [1.807, 2.05) is 18.2 Å². The van der Waals surface area contributed by atoms with Gasteiger partial charge >= 0.3 is 0 Å². The highest BCUT2D eigenvalue weighted by atomic mass is 32.1. The van der Waals surface area contributed by atoms with Crippen LogP contribution in [0.5, 0.6) is 0 Å². The molecule has 5 heteroatoms. The van der Waals surface area contributed by atoms with Crippen LogP contribution in [0.1, 0.15) is 0 Å². The molecule has 3 aromatic heterocycles. The summed E-state index contributed by atoms with van der Waals surface area (Å²) in [6.45, 7) is 0. The number of rotatable bonds is 6. The molecule has 8 aromatic carbocycles. The van der Waals surface area contributed by atoms with Gasteiger partial charge in [0.25, 0.3) is 0 Å². The molecule has 254 valence electrons. The molecule has 0 aliphatic carbocycles. The Morgan fingerprint density at radius 3 is 1.89 bits per heavy atom. The second-order valence-corrected chi connectivity index (χ2v) is 14.6. The van der Waals surface area contributed by atoms with Crippen molar-refractivity contribution in [3.63, 3.8) is 0 Å². The standard InChI is InChI=1S/C49H30N2O2S/c1-3-10-33(11-4-1)49-50-47-45(54-49)29-28-43-46(47)41-27-22-34(30-44(41)52-43)31-18-23-36(24-19-31)51(35-12-5-2-6-13-35)37-25-20-32(21-26-37)38-15-9-16-40-39-14-7-8-17-42(39)53-48(38)40/h1-30H. The van der Waals surface area contributed by atoms with Gasteiger partial charge in [-0.3, -0.25) is 0 Å². The van der Waals surface area contributed by atoms with Gasteiger partial charge in [-0.2, -0.15) is 0 Å². The number of anilines is 3. The fraction of sp³-hybridized carbons (Fsp3) is 0. The van der Waals surface area contributed by atoms with Crippen LogP contribution < -0.4 is 4.90 Å². The van der Waals surface area contributed by atoms with Crippen molar-refractivity contribution < 1.29 is 8.83 Å². The van der Waals surface area contributed by atoms with Gasteiger partial charge in [0.15, 0.2) is 0 Å². The van der Waals surface area contributed by atoms with Gasteiger partial charge in [0.05, 0.1) is 15.6 Å². The average Bonchev–Trinajstić information content (AvgIpc) is 3.95. The Balaban J connectivity index is 0.937. The van der Waals surface area contributed by atoms with Crippen molar-refractivity contribution in [1.82, 2.24) is 4.98 Å². The third kappa shape index (κ3) is 5.01. The molecule has 11 rings (SSSR count). The van der Waals surface area contributed by atoms with Gasteiger partial charge < -0.3 is 13.7 Å². The van der Waals surface area contributed by atoms with E-state index in [-0.39, 0.29) is 0 Å². The number of nitrogens with zero attached hydrogens (tertiary/aromatic N) is 2. The predicted molar refractivity (Wildman–Crippen MR) is 225 cm³/mol. The molecule has 0 atom stereocenters. The zero-order chi connectivity index (χ0) is 35.6. The maximum Gasteiger partial charge on any atom is 0.143 e. The Hall–Kier alpha value is -6.95. The highest BCUT2D eigenvalue weighted by Gasteiger charge is 2.18. The molecular formula is C49H30N2O2S. The molecule has 0 spiro atoms. The molecule has 0 saturated heterocycles. The first-order valence-corrected chi connectivity index (χ1v) is 18.8. The van der Waals surface area contributed by atoms with E-state index < -0.39 is 0 Å². The summed E-state index contributed by atoms with van der Waals surface area (Å²) in [4.78, 5) is 7.37. The molecule has 0 radical (unpaired) electrons. The minimum Gasteiger partial charge on any atom is -0.456 e. The first-order valence-electron chi connectivity index (χ1n) is 18.0. The SMILES string of the molecule is c1ccc(-c2nc3c(ccc4oc5cc(-c6ccc(N(c7ccccc7)c7ccc(-c8cccc9c8oc8ccccc89)cc7)cc6)ccc5c43)s2)cc1. The van der Waals surface area contributed by atoms with Crippen molar-refractivity contribution >= 4 is 82.5 Å². The smallest absolute Gasteiger partial charge is 0.143 e. The number of furan rings is 2. The summed E-state index contributed by atoms with van der Waals surface area (Å²) >= 11 is 1.72. The van der Waals surface area contributed by atoms with E-state index in [1.54, 1.807) is 11.3 Å². The number of benzene rings is 8. The van der Waals surface area contributed by atoms with Crippen LogP contribution in [0.2, 0.25) is 0 Å².